The Hall–Kier alpha value is -2.39. The molecule has 3 atom stereocenters. The van der Waals surface area contributed by atoms with Gasteiger partial charge in [-0.15, -0.1) is 0 Å². The summed E-state index contributed by atoms with van der Waals surface area (Å²) >= 11 is 0. The van der Waals surface area contributed by atoms with Crippen LogP contribution in [0.4, 0.5) is 0 Å². The number of hydrogen-bond donors (Lipinski definition) is 0. The number of rotatable bonds is 6. The van der Waals surface area contributed by atoms with Crippen molar-refractivity contribution < 1.29 is 9.53 Å². The van der Waals surface area contributed by atoms with Crippen molar-refractivity contribution in [1.29, 1.82) is 0 Å². The van der Waals surface area contributed by atoms with E-state index in [1.165, 1.54) is 5.56 Å². The van der Waals surface area contributed by atoms with E-state index in [9.17, 15) is 4.79 Å². The van der Waals surface area contributed by atoms with E-state index in [4.69, 9.17) is 4.74 Å². The van der Waals surface area contributed by atoms with Gasteiger partial charge in [-0.1, -0.05) is 86.7 Å². The number of piperidine rings is 1. The first-order valence-corrected chi connectivity index (χ1v) is 10.3. The minimum absolute atomic E-state index is 0.125. The van der Waals surface area contributed by atoms with E-state index < -0.39 is 5.60 Å². The summed E-state index contributed by atoms with van der Waals surface area (Å²) in [5, 5.41) is 0. The lowest BCUT2D eigenvalue weighted by Gasteiger charge is -2.49. The van der Waals surface area contributed by atoms with E-state index in [0.29, 0.717) is 12.5 Å². The maximum absolute atomic E-state index is 12.3. The highest BCUT2D eigenvalue weighted by atomic mass is 16.6. The maximum Gasteiger partial charge on any atom is 0.306 e. The average molecular weight is 378 g/mol. The molecule has 1 aliphatic heterocycles. The van der Waals surface area contributed by atoms with Crippen LogP contribution >= 0.6 is 0 Å². The molecule has 0 saturated carbocycles. The standard InChI is InChI=1S/C25H31NO2/c1-4-24(27)28-25(23-15-9-6-10-16-23)18-21(3)26(19-20(25)2)17-11-14-22-12-7-5-8-13-22/h5-16,20-21H,4,17-19H2,1-3H3/b14-11+. The number of benzene rings is 2. The summed E-state index contributed by atoms with van der Waals surface area (Å²) in [4.78, 5) is 14.8. The van der Waals surface area contributed by atoms with E-state index in [1.807, 2.05) is 31.2 Å². The number of esters is 1. The van der Waals surface area contributed by atoms with Crippen molar-refractivity contribution in [3.05, 3.63) is 77.9 Å². The zero-order chi connectivity index (χ0) is 20.0. The molecule has 0 N–H and O–H groups in total. The van der Waals surface area contributed by atoms with Gasteiger partial charge in [0.05, 0.1) is 0 Å². The van der Waals surface area contributed by atoms with E-state index in [-0.39, 0.29) is 11.9 Å². The van der Waals surface area contributed by atoms with Crippen LogP contribution in [0.25, 0.3) is 6.08 Å². The molecule has 3 unspecified atom stereocenters. The molecule has 0 bridgehead atoms. The zero-order valence-corrected chi connectivity index (χ0v) is 17.2. The molecule has 1 fully saturated rings. The molecule has 0 aliphatic carbocycles. The molecular weight excluding hydrogens is 346 g/mol. The van der Waals surface area contributed by atoms with Gasteiger partial charge < -0.3 is 4.74 Å². The zero-order valence-electron chi connectivity index (χ0n) is 17.2. The highest BCUT2D eigenvalue weighted by Crippen LogP contribution is 2.43. The minimum Gasteiger partial charge on any atom is -0.454 e. The first-order chi connectivity index (χ1) is 13.5. The smallest absolute Gasteiger partial charge is 0.306 e. The van der Waals surface area contributed by atoms with Crippen LogP contribution in [-0.4, -0.2) is 30.0 Å². The van der Waals surface area contributed by atoms with Crippen LogP contribution in [-0.2, 0) is 15.1 Å². The molecule has 1 aliphatic rings. The van der Waals surface area contributed by atoms with Crippen molar-refractivity contribution in [2.75, 3.05) is 13.1 Å². The topological polar surface area (TPSA) is 29.5 Å². The number of nitrogens with zero attached hydrogens (tertiary/aromatic N) is 1. The second-order valence-electron chi connectivity index (χ2n) is 7.80. The van der Waals surface area contributed by atoms with Gasteiger partial charge in [0.1, 0.15) is 5.60 Å². The lowest BCUT2D eigenvalue weighted by Crippen LogP contribution is -2.54. The van der Waals surface area contributed by atoms with E-state index in [1.54, 1.807) is 0 Å². The Bertz CT molecular complexity index is 787. The molecule has 3 rings (SSSR count). The van der Waals surface area contributed by atoms with Crippen LogP contribution in [0.15, 0.2) is 66.7 Å². The summed E-state index contributed by atoms with van der Waals surface area (Å²) in [6.07, 6.45) is 5.61. The lowest BCUT2D eigenvalue weighted by atomic mass is 9.74. The molecule has 1 heterocycles. The molecule has 28 heavy (non-hydrogen) atoms. The van der Waals surface area contributed by atoms with Crippen molar-refractivity contribution in [1.82, 2.24) is 4.90 Å². The molecule has 0 amide bonds. The van der Waals surface area contributed by atoms with Gasteiger partial charge in [-0.05, 0) is 18.1 Å². The van der Waals surface area contributed by atoms with Crippen molar-refractivity contribution in [3.8, 4) is 0 Å². The molecular formula is C25H31NO2. The fraction of sp³-hybridized carbons (Fsp3) is 0.400. The largest absolute Gasteiger partial charge is 0.454 e. The van der Waals surface area contributed by atoms with Crippen molar-refractivity contribution >= 4 is 12.0 Å². The quantitative estimate of drug-likeness (QED) is 0.642. The summed E-state index contributed by atoms with van der Waals surface area (Å²) in [6, 6.07) is 21.0. The van der Waals surface area contributed by atoms with Crippen molar-refractivity contribution in [2.45, 2.75) is 45.3 Å². The Labute approximate surface area is 169 Å². The van der Waals surface area contributed by atoms with Gasteiger partial charge in [0.15, 0.2) is 0 Å². The summed E-state index contributed by atoms with van der Waals surface area (Å²) in [6.45, 7) is 8.09. The third-order valence-electron chi connectivity index (χ3n) is 5.82. The fourth-order valence-corrected chi connectivity index (χ4v) is 4.19. The molecule has 2 aromatic carbocycles. The predicted molar refractivity (Wildman–Crippen MR) is 115 cm³/mol. The summed E-state index contributed by atoms with van der Waals surface area (Å²) in [5.41, 5.74) is 1.78. The highest BCUT2D eigenvalue weighted by molar-refractivity contribution is 5.69. The Balaban J connectivity index is 1.77. The molecule has 2 aromatic rings. The van der Waals surface area contributed by atoms with Crippen LogP contribution in [0.1, 0.15) is 44.7 Å². The SMILES string of the molecule is CCC(=O)OC1(c2ccccc2)CC(C)N(C/C=C/c2ccccc2)CC1C. The van der Waals surface area contributed by atoms with Gasteiger partial charge in [-0.3, -0.25) is 9.69 Å². The summed E-state index contributed by atoms with van der Waals surface area (Å²) < 4.78 is 6.14. The molecule has 0 radical (unpaired) electrons. The number of likely N-dealkylation sites (tertiary alicyclic amines) is 1. The van der Waals surface area contributed by atoms with Gasteiger partial charge in [-0.25, -0.2) is 0 Å². The summed E-state index contributed by atoms with van der Waals surface area (Å²) in [7, 11) is 0. The van der Waals surface area contributed by atoms with Gasteiger partial charge >= 0.3 is 5.97 Å². The molecule has 0 spiro atoms. The monoisotopic (exact) mass is 377 g/mol. The highest BCUT2D eigenvalue weighted by Gasteiger charge is 2.47. The van der Waals surface area contributed by atoms with Crippen LogP contribution in [0.3, 0.4) is 0 Å². The lowest BCUT2D eigenvalue weighted by molar-refractivity contribution is -0.178. The Morgan fingerprint density at radius 1 is 1.11 bits per heavy atom. The summed E-state index contributed by atoms with van der Waals surface area (Å²) in [5.74, 6) is 0.0899. The average Bonchev–Trinajstić information content (AvgIpc) is 2.72. The van der Waals surface area contributed by atoms with Crippen molar-refractivity contribution in [2.24, 2.45) is 5.92 Å². The van der Waals surface area contributed by atoms with Gasteiger partial charge in [-0.2, -0.15) is 0 Å². The Kier molecular flexibility index (Phi) is 6.69. The molecule has 1 saturated heterocycles. The van der Waals surface area contributed by atoms with Crippen LogP contribution in [0, 0.1) is 5.92 Å². The third kappa shape index (κ3) is 4.53. The van der Waals surface area contributed by atoms with E-state index in [2.05, 4.69) is 67.3 Å². The fourth-order valence-electron chi connectivity index (χ4n) is 4.19. The van der Waals surface area contributed by atoms with E-state index in [0.717, 1.165) is 25.1 Å². The second-order valence-corrected chi connectivity index (χ2v) is 7.80. The Morgan fingerprint density at radius 3 is 2.39 bits per heavy atom. The number of carbonyl (C=O) groups excluding carboxylic acids is 1. The van der Waals surface area contributed by atoms with Crippen molar-refractivity contribution in [3.63, 3.8) is 0 Å². The van der Waals surface area contributed by atoms with Crippen LogP contribution in [0.5, 0.6) is 0 Å². The van der Waals surface area contributed by atoms with Gasteiger partial charge in [0, 0.05) is 37.9 Å². The maximum atomic E-state index is 12.3. The molecule has 3 heteroatoms. The minimum atomic E-state index is -0.548. The number of ether oxygens (including phenoxy) is 1. The van der Waals surface area contributed by atoms with Gasteiger partial charge in [0.2, 0.25) is 0 Å². The first kappa shape index (κ1) is 20.3. The first-order valence-electron chi connectivity index (χ1n) is 10.3. The normalized spacial score (nSPS) is 25.7. The predicted octanol–water partition coefficient (Wildman–Crippen LogP) is 5.28. The molecule has 148 valence electrons. The number of carbonyl (C=O) groups is 1. The van der Waals surface area contributed by atoms with Crippen LogP contribution in [0.2, 0.25) is 0 Å². The molecule has 3 nitrogen and oxygen atoms in total. The van der Waals surface area contributed by atoms with Gasteiger partial charge in [0.25, 0.3) is 0 Å². The second kappa shape index (κ2) is 9.20. The molecule has 0 aromatic heterocycles. The van der Waals surface area contributed by atoms with E-state index >= 15 is 0 Å². The third-order valence-corrected chi connectivity index (χ3v) is 5.82. The van der Waals surface area contributed by atoms with Crippen LogP contribution < -0.4 is 0 Å². The number of hydrogen-bond acceptors (Lipinski definition) is 3. The Morgan fingerprint density at radius 2 is 1.75 bits per heavy atom.